The van der Waals surface area contributed by atoms with Crippen LogP contribution < -0.4 is 0 Å². The van der Waals surface area contributed by atoms with Crippen LogP contribution in [0.15, 0.2) is 17.2 Å². The van der Waals surface area contributed by atoms with E-state index in [9.17, 15) is 9.59 Å². The van der Waals surface area contributed by atoms with Gasteiger partial charge in [0, 0.05) is 6.08 Å². The molecule has 0 spiro atoms. The lowest BCUT2D eigenvalue weighted by Gasteiger charge is -2.11. The molecular formula is C15H21N3O2S. The van der Waals surface area contributed by atoms with Crippen LogP contribution >= 0.6 is 11.8 Å². The van der Waals surface area contributed by atoms with Gasteiger partial charge in [-0.25, -0.2) is 0 Å². The highest BCUT2D eigenvalue weighted by Crippen LogP contribution is 2.27. The van der Waals surface area contributed by atoms with Crippen LogP contribution in [0.2, 0.25) is 0 Å². The number of allylic oxidation sites excluding steroid dienone is 2. The zero-order chi connectivity index (χ0) is 15.2. The van der Waals surface area contributed by atoms with Gasteiger partial charge >= 0.3 is 0 Å². The lowest BCUT2D eigenvalue weighted by atomic mass is 10.0. The van der Waals surface area contributed by atoms with Crippen molar-refractivity contribution in [1.82, 2.24) is 15.1 Å². The Kier molecular flexibility index (Phi) is 5.76. The summed E-state index contributed by atoms with van der Waals surface area (Å²) in [5.41, 5.74) is 0.712. The molecule has 1 aromatic rings. The number of hydrogen-bond donors (Lipinski definition) is 1. The highest BCUT2D eigenvalue weighted by Gasteiger charge is 2.27. The molecule has 1 aliphatic rings. The van der Waals surface area contributed by atoms with E-state index in [2.05, 4.69) is 29.2 Å². The summed E-state index contributed by atoms with van der Waals surface area (Å²) in [4.78, 5) is 26.7. The minimum atomic E-state index is -0.157. The minimum absolute atomic E-state index is 0.0871. The van der Waals surface area contributed by atoms with E-state index in [1.807, 2.05) is 0 Å². The van der Waals surface area contributed by atoms with Crippen LogP contribution in [-0.4, -0.2) is 53.1 Å². The number of hydrogen-bond acceptors (Lipinski definition) is 5. The Morgan fingerprint density at radius 1 is 1.19 bits per heavy atom. The maximum absolute atomic E-state index is 12.2. The number of Topliss-reactive ketones (excluding diaryl/α,β-unsaturated/α-hetero) is 1. The maximum atomic E-state index is 12.2. The number of fused-ring (bicyclic) bond motifs is 1. The fraction of sp³-hybridized carbons (Fsp3) is 0.533. The number of nitrogens with zero attached hydrogens (tertiary/aromatic N) is 2. The number of nitrogens with one attached hydrogen (secondary N) is 1. The Morgan fingerprint density at radius 3 is 2.71 bits per heavy atom. The molecule has 0 bridgehead atoms. The minimum Gasteiger partial charge on any atom is -0.309 e. The van der Waals surface area contributed by atoms with Crippen molar-refractivity contribution in [2.75, 3.05) is 26.4 Å². The molecule has 2 rings (SSSR count). The van der Waals surface area contributed by atoms with E-state index in [1.54, 1.807) is 0 Å². The molecule has 1 N–H and O–H groups in total. The van der Waals surface area contributed by atoms with Gasteiger partial charge in [0.05, 0.1) is 16.7 Å². The summed E-state index contributed by atoms with van der Waals surface area (Å²) in [6.07, 6.45) is 7.50. The second kappa shape index (κ2) is 7.56. The molecule has 0 radical (unpaired) electrons. The summed E-state index contributed by atoms with van der Waals surface area (Å²) in [5.74, 6) is 0.631. The van der Waals surface area contributed by atoms with Gasteiger partial charge in [-0.1, -0.05) is 12.8 Å². The number of thioether (sulfide) groups is 1. The van der Waals surface area contributed by atoms with E-state index < -0.39 is 0 Å². The molecule has 114 valence electrons. The number of aromatic nitrogens is 2. The lowest BCUT2D eigenvalue weighted by Crippen LogP contribution is -2.14. The number of carbonyl (C=O) groups excluding carboxylic acids is 2. The number of H-pyrrole nitrogens is 1. The zero-order valence-electron chi connectivity index (χ0n) is 12.5. The molecule has 0 amide bonds. The van der Waals surface area contributed by atoms with E-state index in [0.717, 1.165) is 25.1 Å². The smallest absolute Gasteiger partial charge is 0.205 e. The van der Waals surface area contributed by atoms with Crippen LogP contribution in [0.3, 0.4) is 0 Å². The second-order valence-electron chi connectivity index (χ2n) is 5.43. The molecule has 6 heteroatoms. The van der Waals surface area contributed by atoms with Crippen molar-refractivity contribution in [3.8, 4) is 0 Å². The largest absolute Gasteiger partial charge is 0.309 e. The Hall–Kier alpha value is -1.40. The van der Waals surface area contributed by atoms with E-state index >= 15 is 0 Å². The number of aromatic amines is 1. The van der Waals surface area contributed by atoms with Crippen LogP contribution in [0.1, 0.15) is 46.5 Å². The highest BCUT2D eigenvalue weighted by atomic mass is 32.2. The molecule has 0 aliphatic heterocycles. The summed E-state index contributed by atoms with van der Waals surface area (Å²) >= 11 is 1.48. The topological polar surface area (TPSA) is 66.1 Å². The molecule has 0 unspecified atom stereocenters. The van der Waals surface area contributed by atoms with Gasteiger partial charge in [-0.05, 0) is 39.2 Å². The third-order valence-corrected chi connectivity index (χ3v) is 4.48. The van der Waals surface area contributed by atoms with E-state index in [4.69, 9.17) is 0 Å². The summed E-state index contributed by atoms with van der Waals surface area (Å²) in [6, 6.07) is 0. The molecular weight excluding hydrogens is 286 g/mol. The van der Waals surface area contributed by atoms with Crippen molar-refractivity contribution >= 4 is 23.3 Å². The van der Waals surface area contributed by atoms with Crippen LogP contribution in [-0.2, 0) is 0 Å². The number of unbranched alkanes of at least 4 members (excludes halogenated alkanes) is 3. The zero-order valence-corrected chi connectivity index (χ0v) is 13.3. The van der Waals surface area contributed by atoms with Gasteiger partial charge in [0.25, 0.3) is 0 Å². The second-order valence-corrected chi connectivity index (χ2v) is 6.56. The Bertz CT molecular complexity index is 549. The number of ketones is 2. The summed E-state index contributed by atoms with van der Waals surface area (Å²) < 4.78 is 0. The van der Waals surface area contributed by atoms with Gasteiger partial charge in [0.15, 0.2) is 0 Å². The van der Waals surface area contributed by atoms with Crippen molar-refractivity contribution in [3.63, 3.8) is 0 Å². The van der Waals surface area contributed by atoms with Gasteiger partial charge in [-0.3, -0.25) is 14.7 Å². The molecule has 0 saturated carbocycles. The van der Waals surface area contributed by atoms with E-state index in [1.165, 1.54) is 36.9 Å². The maximum Gasteiger partial charge on any atom is 0.205 e. The average molecular weight is 307 g/mol. The van der Waals surface area contributed by atoms with Gasteiger partial charge in [0.1, 0.15) is 5.69 Å². The standard InChI is InChI=1S/C15H21N3O2S/c1-18(2)7-5-3-4-6-8-21-13-9-12(19)14-11(15(13)20)10-16-17-14/h9-10H,3-8H2,1-2H3,(H,16,17). The van der Waals surface area contributed by atoms with E-state index in [0.29, 0.717) is 16.2 Å². The molecule has 1 aromatic heterocycles. The molecule has 0 aromatic carbocycles. The first-order chi connectivity index (χ1) is 10.1. The van der Waals surface area contributed by atoms with Crippen LogP contribution in [0, 0.1) is 0 Å². The normalized spacial score (nSPS) is 14.5. The van der Waals surface area contributed by atoms with Crippen molar-refractivity contribution in [2.45, 2.75) is 25.7 Å². The highest BCUT2D eigenvalue weighted by molar-refractivity contribution is 8.04. The third kappa shape index (κ3) is 4.28. The Balaban J connectivity index is 1.72. The van der Waals surface area contributed by atoms with Crippen LogP contribution in [0.4, 0.5) is 0 Å². The molecule has 1 aliphatic carbocycles. The van der Waals surface area contributed by atoms with Gasteiger partial charge < -0.3 is 4.90 Å². The summed E-state index contributed by atoms with van der Waals surface area (Å²) in [5, 5.41) is 6.35. The van der Waals surface area contributed by atoms with E-state index in [-0.39, 0.29) is 11.6 Å². The van der Waals surface area contributed by atoms with Crippen molar-refractivity contribution in [1.29, 1.82) is 0 Å². The van der Waals surface area contributed by atoms with Crippen LogP contribution in [0.25, 0.3) is 0 Å². The molecule has 5 nitrogen and oxygen atoms in total. The van der Waals surface area contributed by atoms with Gasteiger partial charge in [0.2, 0.25) is 11.6 Å². The quantitative estimate of drug-likeness (QED) is 0.748. The lowest BCUT2D eigenvalue weighted by molar-refractivity contribution is 0.0989. The van der Waals surface area contributed by atoms with Crippen molar-refractivity contribution < 1.29 is 9.59 Å². The molecule has 21 heavy (non-hydrogen) atoms. The summed E-state index contributed by atoms with van der Waals surface area (Å²) in [6.45, 7) is 1.12. The molecule has 0 atom stereocenters. The Labute approximate surface area is 129 Å². The van der Waals surface area contributed by atoms with Gasteiger partial charge in [-0.15, -0.1) is 11.8 Å². The average Bonchev–Trinajstić information content (AvgIpc) is 2.92. The fourth-order valence-corrected chi connectivity index (χ4v) is 3.21. The first-order valence-corrected chi connectivity index (χ1v) is 8.20. The number of carbonyl (C=O) groups is 2. The van der Waals surface area contributed by atoms with Crippen molar-refractivity contribution in [3.05, 3.63) is 28.4 Å². The fourth-order valence-electron chi connectivity index (χ4n) is 2.21. The van der Waals surface area contributed by atoms with Crippen molar-refractivity contribution in [2.24, 2.45) is 0 Å². The van der Waals surface area contributed by atoms with Gasteiger partial charge in [-0.2, -0.15) is 5.10 Å². The molecule has 0 fully saturated rings. The first-order valence-electron chi connectivity index (χ1n) is 7.21. The monoisotopic (exact) mass is 307 g/mol. The number of rotatable bonds is 8. The third-order valence-electron chi connectivity index (χ3n) is 3.37. The Morgan fingerprint density at radius 2 is 1.95 bits per heavy atom. The summed E-state index contributed by atoms with van der Waals surface area (Å²) in [7, 11) is 4.16. The first kappa shape index (κ1) is 16.0. The predicted molar refractivity (Wildman–Crippen MR) is 84.8 cm³/mol. The predicted octanol–water partition coefficient (Wildman–Crippen LogP) is 2.53. The molecule has 0 saturated heterocycles. The molecule has 1 heterocycles. The van der Waals surface area contributed by atoms with Crippen LogP contribution in [0.5, 0.6) is 0 Å². The SMILES string of the molecule is CN(C)CCCCCCSC1=CC(=O)c2[nH]ncc2C1=O.